The Morgan fingerprint density at radius 3 is 2.58 bits per heavy atom. The molecule has 0 amide bonds. The molecule has 3 rings (SSSR count). The minimum absolute atomic E-state index is 0.150. The van der Waals surface area contributed by atoms with Gasteiger partial charge in [-0.05, 0) is 62.1 Å². The van der Waals surface area contributed by atoms with Crippen LogP contribution in [0, 0.1) is 11.7 Å². The zero-order valence-electron chi connectivity index (χ0n) is 14.9. The first-order valence-corrected chi connectivity index (χ1v) is 9.24. The van der Waals surface area contributed by atoms with Gasteiger partial charge in [0.15, 0.2) is 5.78 Å². The van der Waals surface area contributed by atoms with Gasteiger partial charge in [0.2, 0.25) is 0 Å². The summed E-state index contributed by atoms with van der Waals surface area (Å²) in [5, 5.41) is 0. The van der Waals surface area contributed by atoms with E-state index >= 15 is 0 Å². The van der Waals surface area contributed by atoms with Gasteiger partial charge in [0.25, 0.3) is 0 Å². The van der Waals surface area contributed by atoms with E-state index in [1.165, 1.54) is 43.4 Å². The highest BCUT2D eigenvalue weighted by Gasteiger charge is 2.25. The van der Waals surface area contributed by atoms with Crippen LogP contribution in [-0.2, 0) is 4.79 Å². The summed E-state index contributed by atoms with van der Waals surface area (Å²) in [5.41, 5.74) is 3.49. The highest BCUT2D eigenvalue weighted by atomic mass is 19.1. The predicted molar refractivity (Wildman–Crippen MR) is 95.3 cm³/mol. The van der Waals surface area contributed by atoms with E-state index in [1.807, 2.05) is 19.1 Å². The Kier molecular flexibility index (Phi) is 5.37. The standard InChI is InChI=1S/C21H28FNO/c1-15-20(10-11-21(15)24)23(2)13-12-16-4-3-5-18(14-16)17-6-8-19(22)9-7-17/h6-9,16,18H,3-5,10-14H2,1-2H3/t16?,18-/m1/s1. The lowest BCUT2D eigenvalue weighted by Gasteiger charge is -2.31. The summed E-state index contributed by atoms with van der Waals surface area (Å²) >= 11 is 0. The second-order valence-corrected chi connectivity index (χ2v) is 7.49. The third kappa shape index (κ3) is 3.88. The lowest BCUT2D eigenvalue weighted by atomic mass is 9.77. The van der Waals surface area contributed by atoms with Crippen molar-refractivity contribution in [3.63, 3.8) is 0 Å². The van der Waals surface area contributed by atoms with Crippen molar-refractivity contribution in [2.45, 2.75) is 57.8 Å². The number of ketones is 1. The van der Waals surface area contributed by atoms with Gasteiger partial charge in [-0.2, -0.15) is 0 Å². The van der Waals surface area contributed by atoms with Gasteiger partial charge >= 0.3 is 0 Å². The largest absolute Gasteiger partial charge is 0.378 e. The zero-order valence-corrected chi connectivity index (χ0v) is 14.9. The first kappa shape index (κ1) is 17.2. The van der Waals surface area contributed by atoms with Gasteiger partial charge in [0.1, 0.15) is 5.82 Å². The van der Waals surface area contributed by atoms with Crippen LogP contribution >= 0.6 is 0 Å². The third-order valence-corrected chi connectivity index (χ3v) is 5.90. The average molecular weight is 329 g/mol. The van der Waals surface area contributed by atoms with E-state index in [0.29, 0.717) is 18.1 Å². The second-order valence-electron chi connectivity index (χ2n) is 7.49. The normalized spacial score (nSPS) is 24.5. The Hall–Kier alpha value is -1.64. The van der Waals surface area contributed by atoms with Crippen LogP contribution in [0.2, 0.25) is 0 Å². The molecule has 2 nitrogen and oxygen atoms in total. The molecule has 2 aliphatic rings. The Labute approximate surface area is 144 Å². The summed E-state index contributed by atoms with van der Waals surface area (Å²) in [6.45, 7) is 2.99. The van der Waals surface area contributed by atoms with E-state index in [1.54, 1.807) is 12.1 Å². The third-order valence-electron chi connectivity index (χ3n) is 5.90. The number of nitrogens with zero attached hydrogens (tertiary/aromatic N) is 1. The Morgan fingerprint density at radius 2 is 1.92 bits per heavy atom. The molecule has 1 saturated carbocycles. The number of carbonyl (C=O) groups is 1. The van der Waals surface area contributed by atoms with E-state index < -0.39 is 0 Å². The van der Waals surface area contributed by atoms with Crippen molar-refractivity contribution >= 4 is 5.78 Å². The average Bonchev–Trinajstić information content (AvgIpc) is 2.93. The number of carbonyl (C=O) groups excluding carboxylic acids is 1. The van der Waals surface area contributed by atoms with Crippen LogP contribution in [0.1, 0.15) is 63.4 Å². The maximum absolute atomic E-state index is 13.1. The van der Waals surface area contributed by atoms with Crippen LogP contribution in [0.25, 0.3) is 0 Å². The molecule has 1 fully saturated rings. The van der Waals surface area contributed by atoms with Crippen molar-refractivity contribution in [1.82, 2.24) is 4.90 Å². The Balaban J connectivity index is 1.54. The molecule has 0 N–H and O–H groups in total. The molecule has 0 aliphatic heterocycles. The Bertz CT molecular complexity index is 619. The summed E-state index contributed by atoms with van der Waals surface area (Å²) in [7, 11) is 2.12. The molecule has 0 spiro atoms. The topological polar surface area (TPSA) is 20.3 Å². The lowest BCUT2D eigenvalue weighted by Crippen LogP contribution is -2.23. The maximum atomic E-state index is 13.1. The van der Waals surface area contributed by atoms with Crippen molar-refractivity contribution in [1.29, 1.82) is 0 Å². The van der Waals surface area contributed by atoms with Crippen LogP contribution in [0.3, 0.4) is 0 Å². The van der Waals surface area contributed by atoms with Crippen molar-refractivity contribution in [2.24, 2.45) is 5.92 Å². The molecule has 2 atom stereocenters. The summed E-state index contributed by atoms with van der Waals surface area (Å²) in [4.78, 5) is 14.0. The van der Waals surface area contributed by atoms with Gasteiger partial charge in [0.05, 0.1) is 0 Å². The maximum Gasteiger partial charge on any atom is 0.160 e. The van der Waals surface area contributed by atoms with Crippen LogP contribution < -0.4 is 0 Å². The van der Waals surface area contributed by atoms with Gasteiger partial charge in [-0.25, -0.2) is 4.39 Å². The van der Waals surface area contributed by atoms with Crippen LogP contribution in [-0.4, -0.2) is 24.3 Å². The zero-order chi connectivity index (χ0) is 17.1. The molecule has 0 bridgehead atoms. The fourth-order valence-electron chi connectivity index (χ4n) is 4.35. The summed E-state index contributed by atoms with van der Waals surface area (Å²) in [5.74, 6) is 1.46. The first-order chi connectivity index (χ1) is 11.5. The number of allylic oxidation sites excluding steroid dienone is 2. The van der Waals surface area contributed by atoms with Crippen LogP contribution in [0.4, 0.5) is 4.39 Å². The highest BCUT2D eigenvalue weighted by molar-refractivity contribution is 5.97. The molecule has 130 valence electrons. The molecule has 1 aromatic carbocycles. The molecular weight excluding hydrogens is 301 g/mol. The monoisotopic (exact) mass is 329 g/mol. The van der Waals surface area contributed by atoms with E-state index in [2.05, 4.69) is 11.9 Å². The van der Waals surface area contributed by atoms with Gasteiger partial charge < -0.3 is 4.90 Å². The van der Waals surface area contributed by atoms with Crippen LogP contribution in [0.5, 0.6) is 0 Å². The van der Waals surface area contributed by atoms with Crippen LogP contribution in [0.15, 0.2) is 35.5 Å². The van der Waals surface area contributed by atoms with Crippen molar-refractivity contribution in [3.05, 3.63) is 46.9 Å². The minimum Gasteiger partial charge on any atom is -0.378 e. The Morgan fingerprint density at radius 1 is 1.17 bits per heavy atom. The molecule has 0 radical (unpaired) electrons. The van der Waals surface area contributed by atoms with Gasteiger partial charge in [-0.15, -0.1) is 0 Å². The number of halogens is 1. The second kappa shape index (κ2) is 7.50. The summed E-state index contributed by atoms with van der Waals surface area (Å²) in [6.07, 6.45) is 7.75. The molecule has 1 unspecified atom stereocenters. The number of rotatable bonds is 5. The molecule has 3 heteroatoms. The number of hydrogen-bond donors (Lipinski definition) is 0. The molecule has 0 aromatic heterocycles. The van der Waals surface area contributed by atoms with E-state index in [0.717, 1.165) is 24.5 Å². The number of hydrogen-bond acceptors (Lipinski definition) is 2. The molecule has 24 heavy (non-hydrogen) atoms. The van der Waals surface area contributed by atoms with Gasteiger partial charge in [-0.3, -0.25) is 4.79 Å². The van der Waals surface area contributed by atoms with Crippen molar-refractivity contribution in [2.75, 3.05) is 13.6 Å². The summed E-state index contributed by atoms with van der Waals surface area (Å²) < 4.78 is 13.1. The fraction of sp³-hybridized carbons (Fsp3) is 0.571. The lowest BCUT2D eigenvalue weighted by molar-refractivity contribution is -0.114. The fourth-order valence-corrected chi connectivity index (χ4v) is 4.35. The highest BCUT2D eigenvalue weighted by Crippen LogP contribution is 2.38. The molecule has 0 heterocycles. The predicted octanol–water partition coefficient (Wildman–Crippen LogP) is 5.06. The number of benzene rings is 1. The smallest absolute Gasteiger partial charge is 0.160 e. The molecule has 2 aliphatic carbocycles. The van der Waals surface area contributed by atoms with Crippen molar-refractivity contribution < 1.29 is 9.18 Å². The van der Waals surface area contributed by atoms with E-state index in [4.69, 9.17) is 0 Å². The molecule has 1 aromatic rings. The van der Waals surface area contributed by atoms with E-state index in [9.17, 15) is 9.18 Å². The van der Waals surface area contributed by atoms with Gasteiger partial charge in [0, 0.05) is 31.3 Å². The molecular formula is C21H28FNO. The summed E-state index contributed by atoms with van der Waals surface area (Å²) in [6, 6.07) is 7.07. The molecule has 0 saturated heterocycles. The van der Waals surface area contributed by atoms with Gasteiger partial charge in [-0.1, -0.05) is 25.0 Å². The van der Waals surface area contributed by atoms with E-state index in [-0.39, 0.29) is 5.82 Å². The van der Waals surface area contributed by atoms with Crippen molar-refractivity contribution in [3.8, 4) is 0 Å². The quantitative estimate of drug-likeness (QED) is 0.752. The SMILES string of the molecule is CC1=C(N(C)CCC2CCC[C@@H](c3ccc(F)cc3)C2)CCC1=O. The minimum atomic E-state index is -0.150. The number of Topliss-reactive ketones (excluding diaryl/α,β-unsaturated/α-hetero) is 1. The first-order valence-electron chi connectivity index (χ1n) is 9.24.